The summed E-state index contributed by atoms with van der Waals surface area (Å²) in [6, 6.07) is 7.32. The highest BCUT2D eigenvalue weighted by atomic mass is 16.5. The number of rotatable bonds is 5. The van der Waals surface area contributed by atoms with Crippen LogP contribution in [0.3, 0.4) is 0 Å². The van der Waals surface area contributed by atoms with Gasteiger partial charge >= 0.3 is 0 Å². The molecule has 0 saturated carbocycles. The van der Waals surface area contributed by atoms with Gasteiger partial charge in [-0.25, -0.2) is 9.97 Å². The Morgan fingerprint density at radius 1 is 1.14 bits per heavy atom. The van der Waals surface area contributed by atoms with Gasteiger partial charge in [0.1, 0.15) is 17.0 Å². The number of carbonyl (C=O) groups excluding carboxylic acids is 1. The quantitative estimate of drug-likeness (QED) is 0.713. The first-order chi connectivity index (χ1) is 14.2. The van der Waals surface area contributed by atoms with Gasteiger partial charge in [-0.2, -0.15) is 0 Å². The van der Waals surface area contributed by atoms with Gasteiger partial charge < -0.3 is 19.7 Å². The smallest absolute Gasteiger partial charge is 0.229 e. The number of benzene rings is 1. The van der Waals surface area contributed by atoms with Crippen molar-refractivity contribution in [2.75, 3.05) is 37.5 Å². The van der Waals surface area contributed by atoms with Crippen LogP contribution in [0.1, 0.15) is 12.8 Å². The van der Waals surface area contributed by atoms with E-state index in [2.05, 4.69) is 25.2 Å². The molecule has 150 valence electrons. The summed E-state index contributed by atoms with van der Waals surface area (Å²) < 4.78 is 10.6. The zero-order valence-corrected chi connectivity index (χ0v) is 16.5. The molecule has 0 radical (unpaired) electrons. The number of nitrogens with one attached hydrogen (secondary N) is 1. The van der Waals surface area contributed by atoms with E-state index in [0.29, 0.717) is 29.4 Å². The SMILES string of the molecule is COc1ccc(OC)c(NC(=O)[C@H]2CCCN(c3cnc4nccnc4c3)C2)c1. The molecule has 2 aromatic heterocycles. The molecule has 0 unspecified atom stereocenters. The second-order valence-electron chi connectivity index (χ2n) is 6.93. The number of anilines is 2. The third kappa shape index (κ3) is 4.06. The van der Waals surface area contributed by atoms with Crippen molar-refractivity contribution < 1.29 is 14.3 Å². The topological polar surface area (TPSA) is 89.5 Å². The predicted octanol–water partition coefficient (Wildman–Crippen LogP) is 2.90. The lowest BCUT2D eigenvalue weighted by Gasteiger charge is -2.33. The van der Waals surface area contributed by atoms with Gasteiger partial charge in [0, 0.05) is 31.5 Å². The van der Waals surface area contributed by atoms with Crippen molar-refractivity contribution in [3.8, 4) is 11.5 Å². The van der Waals surface area contributed by atoms with Crippen molar-refractivity contribution in [2.24, 2.45) is 5.92 Å². The maximum absolute atomic E-state index is 13.0. The van der Waals surface area contributed by atoms with Gasteiger partial charge in [-0.05, 0) is 31.0 Å². The molecular weight excluding hydrogens is 370 g/mol. The maximum Gasteiger partial charge on any atom is 0.229 e. The largest absolute Gasteiger partial charge is 0.497 e. The number of nitrogens with zero attached hydrogens (tertiary/aromatic N) is 4. The Bertz CT molecular complexity index is 1030. The van der Waals surface area contributed by atoms with Gasteiger partial charge in [0.05, 0.1) is 37.7 Å². The Balaban J connectivity index is 1.50. The summed E-state index contributed by atoms with van der Waals surface area (Å²) in [4.78, 5) is 28.1. The Kier molecular flexibility index (Phi) is 5.41. The van der Waals surface area contributed by atoms with Gasteiger partial charge in [-0.1, -0.05) is 0 Å². The standard InChI is InChI=1S/C21H23N5O3/c1-28-16-5-6-19(29-2)17(11-16)25-21(27)14-4-3-9-26(13-14)15-10-18-20(24-12-15)23-8-7-22-18/h5-8,10-12,14H,3-4,9,13H2,1-2H3,(H,25,27)/t14-/m0/s1. The molecule has 1 atom stereocenters. The van der Waals surface area contributed by atoms with E-state index in [-0.39, 0.29) is 11.8 Å². The summed E-state index contributed by atoms with van der Waals surface area (Å²) in [5, 5.41) is 3.00. The number of amides is 1. The lowest BCUT2D eigenvalue weighted by Crippen LogP contribution is -2.40. The Hall–Kier alpha value is -3.42. The first-order valence-corrected chi connectivity index (χ1v) is 9.52. The monoisotopic (exact) mass is 393 g/mol. The average Bonchev–Trinajstić information content (AvgIpc) is 2.78. The minimum atomic E-state index is -0.141. The summed E-state index contributed by atoms with van der Waals surface area (Å²) in [7, 11) is 3.17. The van der Waals surface area contributed by atoms with Gasteiger partial charge in [-0.15, -0.1) is 0 Å². The lowest BCUT2D eigenvalue weighted by molar-refractivity contribution is -0.120. The Labute approximate surface area is 168 Å². The van der Waals surface area contributed by atoms with E-state index >= 15 is 0 Å². The van der Waals surface area contributed by atoms with Gasteiger partial charge in [0.15, 0.2) is 5.65 Å². The molecule has 1 aliphatic heterocycles. The molecule has 1 saturated heterocycles. The molecule has 1 N–H and O–H groups in total. The van der Waals surface area contributed by atoms with Crippen molar-refractivity contribution in [2.45, 2.75) is 12.8 Å². The second-order valence-corrected chi connectivity index (χ2v) is 6.93. The van der Waals surface area contributed by atoms with Gasteiger partial charge in [0.25, 0.3) is 0 Å². The fourth-order valence-corrected chi connectivity index (χ4v) is 3.59. The average molecular weight is 393 g/mol. The number of fused-ring (bicyclic) bond motifs is 1. The van der Waals surface area contributed by atoms with Crippen LogP contribution in [-0.2, 0) is 4.79 Å². The zero-order chi connectivity index (χ0) is 20.2. The zero-order valence-electron chi connectivity index (χ0n) is 16.5. The molecule has 3 aromatic rings. The summed E-state index contributed by atoms with van der Waals surface area (Å²) in [5.41, 5.74) is 2.93. The van der Waals surface area contributed by atoms with Crippen molar-refractivity contribution in [3.63, 3.8) is 0 Å². The predicted molar refractivity (Wildman–Crippen MR) is 110 cm³/mol. The van der Waals surface area contributed by atoms with Crippen molar-refractivity contribution in [1.29, 1.82) is 0 Å². The summed E-state index contributed by atoms with van der Waals surface area (Å²) in [6.45, 7) is 1.49. The molecule has 1 fully saturated rings. The van der Waals surface area contributed by atoms with Crippen LogP contribution in [-0.4, -0.2) is 48.2 Å². The van der Waals surface area contributed by atoms with E-state index in [4.69, 9.17) is 9.47 Å². The molecule has 8 heteroatoms. The highest BCUT2D eigenvalue weighted by molar-refractivity contribution is 5.94. The molecular formula is C21H23N5O3. The third-order valence-corrected chi connectivity index (χ3v) is 5.13. The highest BCUT2D eigenvalue weighted by Gasteiger charge is 2.27. The molecule has 0 bridgehead atoms. The summed E-state index contributed by atoms with van der Waals surface area (Å²) >= 11 is 0. The number of methoxy groups -OCH3 is 2. The van der Waals surface area contributed by atoms with E-state index in [9.17, 15) is 4.79 Å². The van der Waals surface area contributed by atoms with Gasteiger partial charge in [-0.3, -0.25) is 9.78 Å². The first-order valence-electron chi connectivity index (χ1n) is 9.52. The fourth-order valence-electron chi connectivity index (χ4n) is 3.59. The van der Waals surface area contributed by atoms with Crippen LogP contribution in [0.15, 0.2) is 42.9 Å². The van der Waals surface area contributed by atoms with Crippen LogP contribution >= 0.6 is 0 Å². The van der Waals surface area contributed by atoms with Crippen LogP contribution in [0.2, 0.25) is 0 Å². The van der Waals surface area contributed by atoms with Crippen LogP contribution in [0.25, 0.3) is 11.2 Å². The van der Waals surface area contributed by atoms with E-state index < -0.39 is 0 Å². The highest BCUT2D eigenvalue weighted by Crippen LogP contribution is 2.31. The number of pyridine rings is 1. The minimum absolute atomic E-state index is 0.0326. The molecule has 3 heterocycles. The minimum Gasteiger partial charge on any atom is -0.497 e. The van der Waals surface area contributed by atoms with Crippen LogP contribution in [0, 0.1) is 5.92 Å². The van der Waals surface area contributed by atoms with Gasteiger partial charge in [0.2, 0.25) is 5.91 Å². The van der Waals surface area contributed by atoms with E-state index in [0.717, 1.165) is 30.6 Å². The molecule has 1 aliphatic rings. The first kappa shape index (κ1) is 18.9. The molecule has 4 rings (SSSR count). The Morgan fingerprint density at radius 2 is 2.00 bits per heavy atom. The molecule has 29 heavy (non-hydrogen) atoms. The third-order valence-electron chi connectivity index (χ3n) is 5.13. The van der Waals surface area contributed by atoms with Crippen LogP contribution < -0.4 is 19.7 Å². The summed E-state index contributed by atoms with van der Waals surface area (Å²) in [6.07, 6.45) is 6.83. The number of carbonyl (C=O) groups is 1. The van der Waals surface area contributed by atoms with E-state index in [1.54, 1.807) is 51.0 Å². The molecule has 1 amide bonds. The molecule has 0 spiro atoms. The van der Waals surface area contributed by atoms with E-state index in [1.807, 2.05) is 6.07 Å². The number of ether oxygens (including phenoxy) is 2. The number of hydrogen-bond acceptors (Lipinski definition) is 7. The van der Waals surface area contributed by atoms with Crippen molar-refractivity contribution >= 4 is 28.4 Å². The molecule has 1 aromatic carbocycles. The second kappa shape index (κ2) is 8.30. The van der Waals surface area contributed by atoms with Crippen LogP contribution in [0.5, 0.6) is 11.5 Å². The normalized spacial score (nSPS) is 16.5. The lowest BCUT2D eigenvalue weighted by atomic mass is 9.96. The molecule has 0 aliphatic carbocycles. The van der Waals surface area contributed by atoms with Crippen LogP contribution in [0.4, 0.5) is 11.4 Å². The Morgan fingerprint density at radius 3 is 2.83 bits per heavy atom. The number of hydrogen-bond donors (Lipinski definition) is 1. The van der Waals surface area contributed by atoms with Crippen molar-refractivity contribution in [3.05, 3.63) is 42.9 Å². The maximum atomic E-state index is 13.0. The van der Waals surface area contributed by atoms with E-state index in [1.165, 1.54) is 0 Å². The number of aromatic nitrogens is 3. The van der Waals surface area contributed by atoms with Crippen molar-refractivity contribution in [1.82, 2.24) is 15.0 Å². The molecule has 8 nitrogen and oxygen atoms in total. The number of piperidine rings is 1. The fraction of sp³-hybridized carbons (Fsp3) is 0.333. The summed E-state index contributed by atoms with van der Waals surface area (Å²) in [5.74, 6) is 1.09.